The van der Waals surface area contributed by atoms with E-state index in [0.29, 0.717) is 23.7 Å². The lowest BCUT2D eigenvalue weighted by molar-refractivity contribution is -0.123. The summed E-state index contributed by atoms with van der Waals surface area (Å²) in [6.45, 7) is 4.00. The van der Waals surface area contributed by atoms with Gasteiger partial charge in [0.25, 0.3) is 5.91 Å². The Hall–Kier alpha value is -2.13. The van der Waals surface area contributed by atoms with Crippen molar-refractivity contribution >= 4 is 50.8 Å². The summed E-state index contributed by atoms with van der Waals surface area (Å²) in [6.07, 6.45) is 1.46. The topological polar surface area (TPSA) is 92.8 Å². The first-order valence-corrected chi connectivity index (χ1v) is 12.4. The normalized spacial score (nSPS) is 15.8. The minimum Gasteiger partial charge on any atom is -0.449 e. The highest BCUT2D eigenvalue weighted by Gasteiger charge is 2.28. The predicted molar refractivity (Wildman–Crippen MR) is 124 cm³/mol. The number of nitrogens with zero attached hydrogens (tertiary/aromatic N) is 1. The Bertz CT molecular complexity index is 1130. The van der Waals surface area contributed by atoms with E-state index in [-0.39, 0.29) is 21.2 Å². The lowest BCUT2D eigenvalue weighted by Crippen LogP contribution is -2.35. The molecule has 1 unspecified atom stereocenters. The fourth-order valence-corrected chi connectivity index (χ4v) is 5.22. The summed E-state index contributed by atoms with van der Waals surface area (Å²) >= 11 is 12.0. The van der Waals surface area contributed by atoms with E-state index in [0.717, 1.165) is 19.3 Å². The van der Waals surface area contributed by atoms with E-state index in [1.807, 2.05) is 0 Å². The van der Waals surface area contributed by atoms with Crippen molar-refractivity contribution in [2.45, 2.75) is 44.1 Å². The van der Waals surface area contributed by atoms with Gasteiger partial charge in [-0.3, -0.25) is 4.79 Å². The van der Waals surface area contributed by atoms with Crippen LogP contribution in [0, 0.1) is 6.92 Å². The molecule has 0 saturated carbocycles. The molecule has 0 spiro atoms. The Balaban J connectivity index is 1.75. The molecule has 2 aromatic carbocycles. The molecule has 3 rings (SSSR count). The van der Waals surface area contributed by atoms with Gasteiger partial charge in [-0.1, -0.05) is 35.7 Å². The summed E-state index contributed by atoms with van der Waals surface area (Å²) in [7, 11) is -3.71. The second-order valence-corrected chi connectivity index (χ2v) is 10.4. The molecule has 1 aliphatic heterocycles. The van der Waals surface area contributed by atoms with Crippen LogP contribution < -0.4 is 5.32 Å². The number of anilines is 1. The summed E-state index contributed by atoms with van der Waals surface area (Å²) in [5.41, 5.74) is 0.916. The fourth-order valence-electron chi connectivity index (χ4n) is 3.34. The lowest BCUT2D eigenvalue weighted by Gasteiger charge is -2.26. The first kappa shape index (κ1) is 24.5. The molecule has 1 N–H and O–H groups in total. The smallest absolute Gasteiger partial charge is 0.339 e. The molecule has 1 aliphatic rings. The van der Waals surface area contributed by atoms with Gasteiger partial charge in [0.15, 0.2) is 6.10 Å². The van der Waals surface area contributed by atoms with Crippen LogP contribution in [-0.2, 0) is 19.6 Å². The monoisotopic (exact) mass is 498 g/mol. The number of piperidine rings is 1. The van der Waals surface area contributed by atoms with Crippen molar-refractivity contribution in [1.82, 2.24) is 4.31 Å². The van der Waals surface area contributed by atoms with Crippen LogP contribution in [0.5, 0.6) is 0 Å². The Morgan fingerprint density at radius 3 is 2.44 bits per heavy atom. The zero-order valence-corrected chi connectivity index (χ0v) is 20.1. The highest BCUT2D eigenvalue weighted by Crippen LogP contribution is 2.26. The predicted octanol–water partition coefficient (Wildman–Crippen LogP) is 4.66. The molecule has 1 heterocycles. The Kier molecular flexibility index (Phi) is 7.82. The van der Waals surface area contributed by atoms with E-state index in [1.165, 1.54) is 35.5 Å². The highest BCUT2D eigenvalue weighted by atomic mass is 35.5. The fraction of sp³-hybridized carbons (Fsp3) is 0.364. The van der Waals surface area contributed by atoms with Gasteiger partial charge >= 0.3 is 5.97 Å². The van der Waals surface area contributed by atoms with Gasteiger partial charge in [-0.2, -0.15) is 4.31 Å². The second kappa shape index (κ2) is 10.2. The van der Waals surface area contributed by atoms with E-state index in [1.54, 1.807) is 19.1 Å². The molecule has 10 heteroatoms. The highest BCUT2D eigenvalue weighted by molar-refractivity contribution is 7.89. The number of nitrogens with one attached hydrogen (secondary N) is 1. The minimum atomic E-state index is -3.71. The van der Waals surface area contributed by atoms with Gasteiger partial charge in [0.1, 0.15) is 0 Å². The van der Waals surface area contributed by atoms with Gasteiger partial charge in [-0.25, -0.2) is 13.2 Å². The van der Waals surface area contributed by atoms with Crippen LogP contribution >= 0.6 is 23.2 Å². The maximum atomic E-state index is 13.0. The molecule has 1 saturated heterocycles. The molecular weight excluding hydrogens is 475 g/mol. The molecule has 172 valence electrons. The maximum Gasteiger partial charge on any atom is 0.339 e. The number of hydrogen-bond acceptors (Lipinski definition) is 5. The molecule has 0 bridgehead atoms. The van der Waals surface area contributed by atoms with Crippen LogP contribution in [0.25, 0.3) is 0 Å². The van der Waals surface area contributed by atoms with Gasteiger partial charge in [0.2, 0.25) is 10.0 Å². The molecule has 2 aromatic rings. The zero-order valence-electron chi connectivity index (χ0n) is 17.7. The number of carbonyl (C=O) groups excluding carboxylic acids is 2. The first-order chi connectivity index (χ1) is 15.1. The van der Waals surface area contributed by atoms with Gasteiger partial charge < -0.3 is 10.1 Å². The molecule has 7 nitrogen and oxygen atoms in total. The van der Waals surface area contributed by atoms with Crippen molar-refractivity contribution in [3.05, 3.63) is 57.6 Å². The Morgan fingerprint density at radius 1 is 1.06 bits per heavy atom. The van der Waals surface area contributed by atoms with E-state index in [9.17, 15) is 18.0 Å². The Morgan fingerprint density at radius 2 is 1.75 bits per heavy atom. The SMILES string of the molecule is Cc1ccc(S(=O)(=O)N2CCCCC2)cc1C(=O)OC(C)C(=O)Nc1cc(Cl)ccc1Cl. The van der Waals surface area contributed by atoms with Gasteiger partial charge in [-0.05, 0) is 62.6 Å². The number of sulfonamides is 1. The summed E-state index contributed by atoms with van der Waals surface area (Å²) in [5.74, 6) is -1.39. The summed E-state index contributed by atoms with van der Waals surface area (Å²) in [4.78, 5) is 25.2. The Labute approximate surface area is 197 Å². The average molecular weight is 499 g/mol. The molecule has 0 aliphatic carbocycles. The first-order valence-electron chi connectivity index (χ1n) is 10.2. The summed E-state index contributed by atoms with van der Waals surface area (Å²) in [5, 5.41) is 3.24. The van der Waals surface area contributed by atoms with E-state index < -0.39 is 28.0 Å². The van der Waals surface area contributed by atoms with Gasteiger partial charge in [-0.15, -0.1) is 0 Å². The molecule has 32 heavy (non-hydrogen) atoms. The van der Waals surface area contributed by atoms with Crippen molar-refractivity contribution in [3.63, 3.8) is 0 Å². The zero-order chi connectivity index (χ0) is 23.5. The largest absolute Gasteiger partial charge is 0.449 e. The van der Waals surface area contributed by atoms with Crippen LogP contribution in [-0.4, -0.2) is 43.8 Å². The van der Waals surface area contributed by atoms with Crippen molar-refractivity contribution in [3.8, 4) is 0 Å². The number of amides is 1. The number of aryl methyl sites for hydroxylation is 1. The summed E-state index contributed by atoms with van der Waals surface area (Å²) in [6, 6.07) is 8.94. The molecule has 0 radical (unpaired) electrons. The van der Waals surface area contributed by atoms with Crippen LogP contribution in [0.4, 0.5) is 5.69 Å². The van der Waals surface area contributed by atoms with Crippen molar-refractivity contribution in [1.29, 1.82) is 0 Å². The van der Waals surface area contributed by atoms with Crippen LogP contribution in [0.2, 0.25) is 10.0 Å². The maximum absolute atomic E-state index is 13.0. The lowest BCUT2D eigenvalue weighted by atomic mass is 10.1. The van der Waals surface area contributed by atoms with E-state index in [4.69, 9.17) is 27.9 Å². The average Bonchev–Trinajstić information content (AvgIpc) is 2.76. The van der Waals surface area contributed by atoms with Crippen molar-refractivity contribution in [2.24, 2.45) is 0 Å². The number of benzene rings is 2. The third-order valence-electron chi connectivity index (χ3n) is 5.22. The number of carbonyl (C=O) groups is 2. The van der Waals surface area contributed by atoms with E-state index in [2.05, 4.69) is 5.32 Å². The van der Waals surface area contributed by atoms with Gasteiger partial charge in [0.05, 0.1) is 21.2 Å². The minimum absolute atomic E-state index is 0.0276. The molecular formula is C22H24Cl2N2O5S. The van der Waals surface area contributed by atoms with Crippen molar-refractivity contribution < 1.29 is 22.7 Å². The third-order valence-corrected chi connectivity index (χ3v) is 7.68. The third kappa shape index (κ3) is 5.61. The number of halogens is 2. The number of esters is 1. The van der Waals surface area contributed by atoms with E-state index >= 15 is 0 Å². The molecule has 1 atom stereocenters. The standard InChI is InChI=1S/C22H24Cl2N2O5S/c1-14-6-8-17(32(29,30)26-10-4-3-5-11-26)13-18(14)22(28)31-15(2)21(27)25-20-12-16(23)7-9-19(20)24/h6-9,12-13,15H,3-5,10-11H2,1-2H3,(H,25,27). The van der Waals surface area contributed by atoms with Crippen LogP contribution in [0.15, 0.2) is 41.3 Å². The second-order valence-electron chi connectivity index (χ2n) is 7.60. The quantitative estimate of drug-likeness (QED) is 0.584. The van der Waals surface area contributed by atoms with Gasteiger partial charge in [0, 0.05) is 18.1 Å². The molecule has 0 aromatic heterocycles. The summed E-state index contributed by atoms with van der Waals surface area (Å²) < 4.78 is 32.6. The van der Waals surface area contributed by atoms with Crippen LogP contribution in [0.1, 0.15) is 42.1 Å². The number of rotatable bonds is 6. The van der Waals surface area contributed by atoms with Crippen LogP contribution in [0.3, 0.4) is 0 Å². The number of ether oxygens (including phenoxy) is 1. The molecule has 1 amide bonds. The van der Waals surface area contributed by atoms with Crippen molar-refractivity contribution in [2.75, 3.05) is 18.4 Å². The molecule has 1 fully saturated rings. The number of hydrogen-bond donors (Lipinski definition) is 1.